The minimum Gasteiger partial charge on any atom is -0.491 e. The summed E-state index contributed by atoms with van der Waals surface area (Å²) in [5.74, 6) is 1.58. The zero-order chi connectivity index (χ0) is 17.9. The monoisotopic (exact) mass is 361 g/mol. The van der Waals surface area contributed by atoms with Crippen molar-refractivity contribution < 1.29 is 9.47 Å². The molecule has 6 heteroatoms. The summed E-state index contributed by atoms with van der Waals surface area (Å²) in [6.45, 7) is 2.50. The molecule has 0 radical (unpaired) electrons. The lowest BCUT2D eigenvalue weighted by Gasteiger charge is -2.12. The molecule has 0 aromatic heterocycles. The number of aliphatic imine (C=N–C) groups is 1. The molecular formula is C19H24ClN3O2. The zero-order valence-corrected chi connectivity index (χ0v) is 15.3. The normalized spacial score (nSPS) is 11.2. The number of guanidine groups is 1. The highest BCUT2D eigenvalue weighted by atomic mass is 35.5. The van der Waals surface area contributed by atoms with Crippen LogP contribution in [0.5, 0.6) is 5.75 Å². The van der Waals surface area contributed by atoms with Gasteiger partial charge in [0.05, 0.1) is 6.61 Å². The maximum atomic E-state index is 5.89. The van der Waals surface area contributed by atoms with Gasteiger partial charge >= 0.3 is 0 Å². The molecule has 0 fully saturated rings. The fraction of sp³-hybridized carbons (Fsp3) is 0.316. The van der Waals surface area contributed by atoms with Crippen molar-refractivity contribution in [3.05, 3.63) is 64.7 Å². The summed E-state index contributed by atoms with van der Waals surface area (Å²) >= 11 is 5.89. The molecule has 0 spiro atoms. The quantitative estimate of drug-likeness (QED) is 0.430. The van der Waals surface area contributed by atoms with E-state index in [2.05, 4.69) is 15.6 Å². The van der Waals surface area contributed by atoms with E-state index >= 15 is 0 Å². The Morgan fingerprint density at radius 2 is 1.48 bits per heavy atom. The molecule has 2 rings (SSSR count). The highest BCUT2D eigenvalue weighted by Gasteiger charge is 2.00. The molecule has 2 N–H and O–H groups in total. The number of ether oxygens (including phenoxy) is 2. The van der Waals surface area contributed by atoms with Crippen molar-refractivity contribution in [2.75, 3.05) is 27.4 Å². The molecule has 2 aromatic rings. The molecule has 0 aliphatic carbocycles. The van der Waals surface area contributed by atoms with E-state index in [-0.39, 0.29) is 0 Å². The van der Waals surface area contributed by atoms with E-state index in [0.717, 1.165) is 27.9 Å². The van der Waals surface area contributed by atoms with Crippen molar-refractivity contribution in [1.29, 1.82) is 0 Å². The lowest BCUT2D eigenvalue weighted by atomic mass is 10.2. The summed E-state index contributed by atoms with van der Waals surface area (Å²) in [5.41, 5.74) is 2.29. The Bertz CT molecular complexity index is 657. The van der Waals surface area contributed by atoms with Gasteiger partial charge in [-0.1, -0.05) is 35.9 Å². The zero-order valence-electron chi connectivity index (χ0n) is 14.6. The molecule has 0 atom stereocenters. The average Bonchev–Trinajstić information content (AvgIpc) is 2.64. The van der Waals surface area contributed by atoms with E-state index in [1.54, 1.807) is 14.2 Å². The van der Waals surface area contributed by atoms with E-state index < -0.39 is 0 Å². The molecule has 2 aromatic carbocycles. The molecular weight excluding hydrogens is 338 g/mol. The van der Waals surface area contributed by atoms with Crippen molar-refractivity contribution in [2.24, 2.45) is 4.99 Å². The number of nitrogens with zero attached hydrogens (tertiary/aromatic N) is 1. The smallest absolute Gasteiger partial charge is 0.191 e. The minimum atomic E-state index is 0.551. The van der Waals surface area contributed by atoms with Gasteiger partial charge in [-0.2, -0.15) is 0 Å². The Labute approximate surface area is 154 Å². The number of hydrogen-bond donors (Lipinski definition) is 2. The largest absolute Gasteiger partial charge is 0.491 e. The molecule has 5 nitrogen and oxygen atoms in total. The van der Waals surface area contributed by atoms with Gasteiger partial charge in [-0.05, 0) is 35.4 Å². The fourth-order valence-electron chi connectivity index (χ4n) is 2.14. The van der Waals surface area contributed by atoms with Gasteiger partial charge in [0, 0.05) is 32.3 Å². The summed E-state index contributed by atoms with van der Waals surface area (Å²) in [5, 5.41) is 7.31. The molecule has 0 aliphatic heterocycles. The van der Waals surface area contributed by atoms with Crippen molar-refractivity contribution in [1.82, 2.24) is 10.6 Å². The number of benzene rings is 2. The van der Waals surface area contributed by atoms with Gasteiger partial charge < -0.3 is 20.1 Å². The predicted octanol–water partition coefficient (Wildman–Crippen LogP) is 3.23. The molecule has 25 heavy (non-hydrogen) atoms. The molecule has 0 bridgehead atoms. The molecule has 0 saturated heterocycles. The Morgan fingerprint density at radius 3 is 2.00 bits per heavy atom. The number of rotatable bonds is 8. The van der Waals surface area contributed by atoms with Crippen LogP contribution in [0.4, 0.5) is 0 Å². The third-order valence-corrected chi connectivity index (χ3v) is 3.79. The van der Waals surface area contributed by atoms with E-state index in [4.69, 9.17) is 21.1 Å². The third-order valence-electron chi connectivity index (χ3n) is 3.54. The first-order chi connectivity index (χ1) is 12.2. The number of nitrogens with one attached hydrogen (secondary N) is 2. The minimum absolute atomic E-state index is 0.551. The summed E-state index contributed by atoms with van der Waals surface area (Å²) in [6.07, 6.45) is 0. The van der Waals surface area contributed by atoms with Gasteiger partial charge in [0.2, 0.25) is 0 Å². The van der Waals surface area contributed by atoms with Crippen LogP contribution < -0.4 is 15.4 Å². The van der Waals surface area contributed by atoms with Gasteiger partial charge in [0.25, 0.3) is 0 Å². The maximum absolute atomic E-state index is 5.89. The Kier molecular flexibility index (Phi) is 8.09. The molecule has 134 valence electrons. The summed E-state index contributed by atoms with van der Waals surface area (Å²) in [6, 6.07) is 15.7. The van der Waals surface area contributed by atoms with Crippen molar-refractivity contribution in [3.8, 4) is 5.75 Å². The summed E-state index contributed by atoms with van der Waals surface area (Å²) in [7, 11) is 3.41. The van der Waals surface area contributed by atoms with E-state index in [0.29, 0.717) is 26.3 Å². The van der Waals surface area contributed by atoms with Crippen molar-refractivity contribution >= 4 is 17.6 Å². The molecule has 0 unspecified atom stereocenters. The number of methoxy groups -OCH3 is 1. The van der Waals surface area contributed by atoms with Gasteiger partial charge in [-0.3, -0.25) is 4.99 Å². The van der Waals surface area contributed by atoms with Gasteiger partial charge in [0.1, 0.15) is 12.4 Å². The van der Waals surface area contributed by atoms with Crippen LogP contribution in [0.15, 0.2) is 53.5 Å². The topological polar surface area (TPSA) is 54.9 Å². The number of halogens is 1. The Balaban J connectivity index is 1.77. The van der Waals surface area contributed by atoms with E-state index in [1.165, 1.54) is 0 Å². The molecule has 0 heterocycles. The molecule has 0 amide bonds. The van der Waals surface area contributed by atoms with Crippen molar-refractivity contribution in [3.63, 3.8) is 0 Å². The Hall–Kier alpha value is -2.24. The predicted molar refractivity (Wildman–Crippen MR) is 102 cm³/mol. The first-order valence-electron chi connectivity index (χ1n) is 8.11. The first kappa shape index (κ1) is 19.1. The van der Waals surface area contributed by atoms with Crippen LogP contribution >= 0.6 is 11.6 Å². The van der Waals surface area contributed by atoms with Gasteiger partial charge in [-0.15, -0.1) is 0 Å². The van der Waals surface area contributed by atoms with Crippen LogP contribution in [0, 0.1) is 0 Å². The lowest BCUT2D eigenvalue weighted by molar-refractivity contribution is 0.146. The second-order valence-corrected chi connectivity index (χ2v) is 5.83. The van der Waals surface area contributed by atoms with Crippen LogP contribution in [0.3, 0.4) is 0 Å². The van der Waals surface area contributed by atoms with Crippen LogP contribution in [0.25, 0.3) is 0 Å². The lowest BCUT2D eigenvalue weighted by Crippen LogP contribution is -2.36. The van der Waals surface area contributed by atoms with Gasteiger partial charge in [0.15, 0.2) is 5.96 Å². The average molecular weight is 362 g/mol. The van der Waals surface area contributed by atoms with Gasteiger partial charge in [-0.25, -0.2) is 0 Å². The summed E-state index contributed by atoms with van der Waals surface area (Å²) < 4.78 is 10.5. The maximum Gasteiger partial charge on any atom is 0.191 e. The van der Waals surface area contributed by atoms with Crippen LogP contribution in [-0.2, 0) is 17.8 Å². The standard InChI is InChI=1S/C19H24ClN3O2/c1-21-19(22-13-15-3-7-17(20)8-4-15)23-14-16-5-9-18(10-6-16)25-12-11-24-2/h3-10H,11-14H2,1-2H3,(H2,21,22,23). The SMILES string of the molecule is CN=C(NCc1ccc(Cl)cc1)NCc1ccc(OCCOC)cc1. The second-order valence-electron chi connectivity index (χ2n) is 5.39. The summed E-state index contributed by atoms with van der Waals surface area (Å²) in [4.78, 5) is 4.23. The van der Waals surface area contributed by atoms with Crippen LogP contribution in [-0.4, -0.2) is 33.3 Å². The third kappa shape index (κ3) is 7.03. The molecule has 0 aliphatic rings. The van der Waals surface area contributed by atoms with Crippen molar-refractivity contribution in [2.45, 2.75) is 13.1 Å². The fourth-order valence-corrected chi connectivity index (χ4v) is 2.27. The highest BCUT2D eigenvalue weighted by molar-refractivity contribution is 6.30. The second kappa shape index (κ2) is 10.6. The first-order valence-corrected chi connectivity index (χ1v) is 8.48. The van der Waals surface area contributed by atoms with Crippen LogP contribution in [0.2, 0.25) is 5.02 Å². The molecule has 0 saturated carbocycles. The van der Waals surface area contributed by atoms with Crippen LogP contribution in [0.1, 0.15) is 11.1 Å². The highest BCUT2D eigenvalue weighted by Crippen LogP contribution is 2.12. The number of hydrogen-bond acceptors (Lipinski definition) is 3. The van der Waals surface area contributed by atoms with E-state index in [9.17, 15) is 0 Å². The van der Waals surface area contributed by atoms with E-state index in [1.807, 2.05) is 48.5 Å². The Morgan fingerprint density at radius 1 is 0.920 bits per heavy atom.